The number of aliphatic carboxylic acids is 1. The van der Waals surface area contributed by atoms with Gasteiger partial charge in [-0.25, -0.2) is 9.78 Å². The van der Waals surface area contributed by atoms with E-state index >= 15 is 0 Å². The Kier molecular flexibility index (Phi) is 4.95. The summed E-state index contributed by atoms with van der Waals surface area (Å²) in [5, 5.41) is 12.1. The number of rotatable bonds is 5. The minimum Gasteiger partial charge on any atom is -0.479 e. The van der Waals surface area contributed by atoms with Gasteiger partial charge in [0.25, 0.3) is 5.91 Å². The van der Waals surface area contributed by atoms with Gasteiger partial charge in [0.15, 0.2) is 0 Å². The van der Waals surface area contributed by atoms with E-state index in [1.165, 1.54) is 24.0 Å². The van der Waals surface area contributed by atoms with Crippen LogP contribution in [0.4, 0.5) is 0 Å². The van der Waals surface area contributed by atoms with Gasteiger partial charge in [0, 0.05) is 11.9 Å². The fraction of sp³-hybridized carbons (Fsp3) is 0.462. The lowest BCUT2D eigenvalue weighted by Gasteiger charge is -2.24. The topological polar surface area (TPSA) is 88.5 Å². The van der Waals surface area contributed by atoms with Crippen molar-refractivity contribution in [2.24, 2.45) is 0 Å². The van der Waals surface area contributed by atoms with Gasteiger partial charge in [0.1, 0.15) is 10.6 Å². The van der Waals surface area contributed by atoms with E-state index in [9.17, 15) is 14.7 Å². The van der Waals surface area contributed by atoms with Crippen molar-refractivity contribution in [2.45, 2.75) is 18.9 Å². The minimum absolute atomic E-state index is 0.209. The molecule has 0 saturated carbocycles. The molecular weight excluding hydrogens is 316 g/mol. The molecule has 0 aromatic carbocycles. The predicted molar refractivity (Wildman–Crippen MR) is 80.2 cm³/mol. The number of thioether (sulfide) groups is 1. The van der Waals surface area contributed by atoms with Crippen LogP contribution in [0.15, 0.2) is 12.3 Å². The second-order valence-electron chi connectivity index (χ2n) is 4.59. The second kappa shape index (κ2) is 6.53. The maximum atomic E-state index is 12.2. The van der Waals surface area contributed by atoms with Crippen molar-refractivity contribution in [3.05, 3.63) is 22.8 Å². The number of pyridine rings is 1. The number of amides is 1. The van der Waals surface area contributed by atoms with Crippen LogP contribution in [0.3, 0.4) is 0 Å². The van der Waals surface area contributed by atoms with E-state index in [1.807, 2.05) is 0 Å². The van der Waals surface area contributed by atoms with Gasteiger partial charge in [-0.15, -0.1) is 0 Å². The van der Waals surface area contributed by atoms with Crippen LogP contribution in [0, 0.1) is 0 Å². The molecule has 6 nitrogen and oxygen atoms in total. The van der Waals surface area contributed by atoms with E-state index in [-0.39, 0.29) is 16.5 Å². The number of hydrogen-bond acceptors (Lipinski definition) is 5. The highest BCUT2D eigenvalue weighted by Gasteiger charge is 2.43. The van der Waals surface area contributed by atoms with Crippen molar-refractivity contribution in [2.75, 3.05) is 18.1 Å². The molecule has 8 heteroatoms. The van der Waals surface area contributed by atoms with Crippen molar-refractivity contribution < 1.29 is 19.4 Å². The molecule has 1 aliphatic rings. The Hall–Kier alpha value is -1.47. The predicted octanol–water partition coefficient (Wildman–Crippen LogP) is 1.82. The third kappa shape index (κ3) is 3.41. The van der Waals surface area contributed by atoms with Gasteiger partial charge in [-0.3, -0.25) is 4.79 Å². The maximum absolute atomic E-state index is 12.2. The number of carboxylic acid groups (broad SMARTS) is 1. The van der Waals surface area contributed by atoms with Crippen LogP contribution in [0.25, 0.3) is 0 Å². The highest BCUT2D eigenvalue weighted by molar-refractivity contribution is 7.99. The molecule has 1 aromatic rings. The third-order valence-corrected chi connectivity index (χ3v) is 4.59. The largest absolute Gasteiger partial charge is 0.479 e. The molecule has 1 aliphatic heterocycles. The van der Waals surface area contributed by atoms with Crippen LogP contribution in [-0.4, -0.2) is 45.6 Å². The maximum Gasteiger partial charge on any atom is 0.330 e. The molecular formula is C13H15ClN2O4S. The van der Waals surface area contributed by atoms with Crippen molar-refractivity contribution >= 4 is 35.2 Å². The van der Waals surface area contributed by atoms with E-state index in [4.69, 9.17) is 16.3 Å². The van der Waals surface area contributed by atoms with Crippen molar-refractivity contribution in [3.8, 4) is 5.88 Å². The molecule has 1 amide bonds. The average Bonchev–Trinajstić information content (AvgIpc) is 2.91. The van der Waals surface area contributed by atoms with E-state index in [2.05, 4.69) is 10.3 Å². The molecule has 1 fully saturated rings. The van der Waals surface area contributed by atoms with Crippen LogP contribution in [-0.2, 0) is 4.79 Å². The normalized spacial score (nSPS) is 21.0. The number of carbonyl (C=O) groups is 2. The first-order valence-corrected chi connectivity index (χ1v) is 7.94. The van der Waals surface area contributed by atoms with Crippen LogP contribution in [0.2, 0.25) is 5.02 Å². The van der Waals surface area contributed by atoms with E-state index in [1.54, 1.807) is 6.92 Å². The summed E-state index contributed by atoms with van der Waals surface area (Å²) in [5.41, 5.74) is -1.01. The number of nitrogens with zero attached hydrogens (tertiary/aromatic N) is 1. The lowest BCUT2D eigenvalue weighted by atomic mass is 9.98. The molecule has 2 rings (SSSR count). The number of carboxylic acids is 1. The molecule has 21 heavy (non-hydrogen) atoms. The first kappa shape index (κ1) is 15.9. The first-order chi connectivity index (χ1) is 9.98. The number of carbonyl (C=O) groups excluding carboxylic acids is 1. The Morgan fingerprint density at radius 2 is 2.38 bits per heavy atom. The summed E-state index contributed by atoms with van der Waals surface area (Å²) < 4.78 is 5.19. The molecule has 2 N–H and O–H groups in total. The number of ether oxygens (including phenoxy) is 1. The molecule has 1 unspecified atom stereocenters. The highest BCUT2D eigenvalue weighted by atomic mass is 35.5. The Labute approximate surface area is 131 Å². The minimum atomic E-state index is -1.22. The first-order valence-electron chi connectivity index (χ1n) is 6.40. The molecule has 0 bridgehead atoms. The van der Waals surface area contributed by atoms with Crippen molar-refractivity contribution in [1.82, 2.24) is 10.3 Å². The molecule has 0 spiro atoms. The molecule has 2 heterocycles. The van der Waals surface area contributed by atoms with E-state index in [0.717, 1.165) is 0 Å². The summed E-state index contributed by atoms with van der Waals surface area (Å²) in [6, 6.07) is 1.42. The highest BCUT2D eigenvalue weighted by Crippen LogP contribution is 2.29. The van der Waals surface area contributed by atoms with Crippen LogP contribution in [0.5, 0.6) is 5.88 Å². The molecule has 114 valence electrons. The summed E-state index contributed by atoms with van der Waals surface area (Å²) in [5.74, 6) is -0.218. The molecule has 1 aromatic heterocycles. The summed E-state index contributed by atoms with van der Waals surface area (Å²) in [4.78, 5) is 27.6. The number of hydrogen-bond donors (Lipinski definition) is 2. The lowest BCUT2D eigenvalue weighted by Crippen LogP contribution is -2.54. The summed E-state index contributed by atoms with van der Waals surface area (Å²) >= 11 is 7.48. The zero-order valence-corrected chi connectivity index (χ0v) is 13.0. The molecule has 0 radical (unpaired) electrons. The summed E-state index contributed by atoms with van der Waals surface area (Å²) in [6.07, 6.45) is 1.72. The van der Waals surface area contributed by atoms with Crippen LogP contribution < -0.4 is 10.1 Å². The Balaban J connectivity index is 2.16. The molecule has 1 saturated heterocycles. The van der Waals surface area contributed by atoms with Crippen molar-refractivity contribution in [3.63, 3.8) is 0 Å². The Morgan fingerprint density at radius 1 is 1.62 bits per heavy atom. The standard InChI is InChI=1S/C13H15ClN2O4S/c1-2-20-11-9(14)5-8(6-15-11)10(17)16-13(12(18)19)3-4-21-7-13/h5-6H,2-4,7H2,1H3,(H,16,17)(H,18,19). The fourth-order valence-corrected chi connectivity index (χ4v) is 3.51. The van der Waals surface area contributed by atoms with Gasteiger partial charge in [0.05, 0.1) is 12.2 Å². The second-order valence-corrected chi connectivity index (χ2v) is 6.10. The zero-order chi connectivity index (χ0) is 15.5. The van der Waals surface area contributed by atoms with Gasteiger partial charge < -0.3 is 15.2 Å². The van der Waals surface area contributed by atoms with Gasteiger partial charge in [0.2, 0.25) is 5.88 Å². The van der Waals surface area contributed by atoms with Gasteiger partial charge >= 0.3 is 5.97 Å². The summed E-state index contributed by atoms with van der Waals surface area (Å²) in [6.45, 7) is 2.21. The Bertz CT molecular complexity index is 561. The van der Waals surface area contributed by atoms with E-state index in [0.29, 0.717) is 24.5 Å². The SMILES string of the molecule is CCOc1ncc(C(=O)NC2(C(=O)O)CCSC2)cc1Cl. The van der Waals surface area contributed by atoms with Crippen LogP contribution >= 0.6 is 23.4 Å². The number of nitrogens with one attached hydrogen (secondary N) is 1. The number of halogens is 1. The fourth-order valence-electron chi connectivity index (χ4n) is 1.97. The summed E-state index contributed by atoms with van der Waals surface area (Å²) in [7, 11) is 0. The van der Waals surface area contributed by atoms with Crippen LogP contribution in [0.1, 0.15) is 23.7 Å². The number of aromatic nitrogens is 1. The van der Waals surface area contributed by atoms with Gasteiger partial charge in [-0.2, -0.15) is 11.8 Å². The lowest BCUT2D eigenvalue weighted by molar-refractivity contribution is -0.143. The van der Waals surface area contributed by atoms with Crippen molar-refractivity contribution in [1.29, 1.82) is 0 Å². The quantitative estimate of drug-likeness (QED) is 0.856. The third-order valence-electron chi connectivity index (χ3n) is 3.13. The van der Waals surface area contributed by atoms with Gasteiger partial charge in [-0.1, -0.05) is 11.6 Å². The zero-order valence-electron chi connectivity index (χ0n) is 11.4. The smallest absolute Gasteiger partial charge is 0.330 e. The average molecular weight is 331 g/mol. The molecule has 1 atom stereocenters. The van der Waals surface area contributed by atoms with E-state index < -0.39 is 17.4 Å². The monoisotopic (exact) mass is 330 g/mol. The van der Waals surface area contributed by atoms with Gasteiger partial charge in [-0.05, 0) is 25.2 Å². The molecule has 0 aliphatic carbocycles. The Morgan fingerprint density at radius 3 is 2.90 bits per heavy atom.